The zero-order chi connectivity index (χ0) is 14.9. The molecule has 112 valence electrons. The second-order valence-corrected chi connectivity index (χ2v) is 8.60. The quantitative estimate of drug-likeness (QED) is 0.872. The highest BCUT2D eigenvalue weighted by atomic mass is 32.2. The number of sulfonamides is 1. The van der Waals surface area contributed by atoms with E-state index in [4.69, 9.17) is 5.11 Å². The number of hydrogen-bond acceptors (Lipinski definition) is 4. The van der Waals surface area contributed by atoms with Gasteiger partial charge in [-0.3, -0.25) is 4.79 Å². The molecule has 0 saturated heterocycles. The molecule has 2 rings (SSSR count). The standard InChI is InChI=1S/C13H19NO4S2/c1-8-5-13(19-9(8)2)20(17,18)14-11-4-3-10(6-11)7-12(15)16/h5,10-11,14H,3-4,6-7H2,1-2H3,(H,15,16)/t10-,11+/m0/s1. The van der Waals surface area contributed by atoms with Crippen molar-refractivity contribution in [1.82, 2.24) is 4.72 Å². The van der Waals surface area contributed by atoms with Crippen molar-refractivity contribution in [2.75, 3.05) is 0 Å². The molecule has 1 aliphatic rings. The van der Waals surface area contributed by atoms with Crippen LogP contribution in [-0.2, 0) is 14.8 Å². The molecule has 0 amide bonds. The molecule has 2 N–H and O–H groups in total. The van der Waals surface area contributed by atoms with Crippen molar-refractivity contribution in [3.05, 3.63) is 16.5 Å². The smallest absolute Gasteiger partial charge is 0.303 e. The highest BCUT2D eigenvalue weighted by Gasteiger charge is 2.30. The fraction of sp³-hybridized carbons (Fsp3) is 0.615. The van der Waals surface area contributed by atoms with Crippen molar-refractivity contribution in [1.29, 1.82) is 0 Å². The highest BCUT2D eigenvalue weighted by Crippen LogP contribution is 2.31. The van der Waals surface area contributed by atoms with Crippen molar-refractivity contribution >= 4 is 27.3 Å². The van der Waals surface area contributed by atoms with Crippen LogP contribution in [-0.4, -0.2) is 25.5 Å². The number of carboxylic acid groups (broad SMARTS) is 1. The van der Waals surface area contributed by atoms with Crippen LogP contribution in [0, 0.1) is 19.8 Å². The van der Waals surface area contributed by atoms with Crippen LogP contribution in [0.15, 0.2) is 10.3 Å². The molecule has 0 bridgehead atoms. The first-order valence-electron chi connectivity index (χ1n) is 6.59. The second-order valence-electron chi connectivity index (χ2n) is 5.40. The number of nitrogens with one attached hydrogen (secondary N) is 1. The molecule has 0 radical (unpaired) electrons. The molecule has 1 heterocycles. The van der Waals surface area contributed by atoms with E-state index in [9.17, 15) is 13.2 Å². The fourth-order valence-corrected chi connectivity index (χ4v) is 5.38. The van der Waals surface area contributed by atoms with Gasteiger partial charge in [0.15, 0.2) is 0 Å². The fourth-order valence-electron chi connectivity index (χ4n) is 2.56. The highest BCUT2D eigenvalue weighted by molar-refractivity contribution is 7.91. The molecule has 0 spiro atoms. The summed E-state index contributed by atoms with van der Waals surface area (Å²) in [5.41, 5.74) is 0.977. The minimum atomic E-state index is -3.48. The molecule has 1 aromatic rings. The number of thiophene rings is 1. The monoisotopic (exact) mass is 317 g/mol. The van der Waals surface area contributed by atoms with Crippen LogP contribution in [0.5, 0.6) is 0 Å². The molecule has 1 saturated carbocycles. The van der Waals surface area contributed by atoms with Gasteiger partial charge in [-0.2, -0.15) is 0 Å². The third-order valence-corrected chi connectivity index (χ3v) is 6.88. The lowest BCUT2D eigenvalue weighted by molar-refractivity contribution is -0.138. The molecule has 20 heavy (non-hydrogen) atoms. The van der Waals surface area contributed by atoms with E-state index >= 15 is 0 Å². The normalized spacial score (nSPS) is 23.1. The SMILES string of the molecule is Cc1cc(S(=O)(=O)N[C@@H]2CC[C@H](CC(=O)O)C2)sc1C. The van der Waals surface area contributed by atoms with Gasteiger partial charge in [-0.25, -0.2) is 13.1 Å². The predicted molar refractivity (Wildman–Crippen MR) is 77.5 cm³/mol. The van der Waals surface area contributed by atoms with Crippen LogP contribution in [0.4, 0.5) is 0 Å². The van der Waals surface area contributed by atoms with E-state index in [1.807, 2.05) is 13.8 Å². The lowest BCUT2D eigenvalue weighted by Crippen LogP contribution is -2.32. The number of rotatable bonds is 5. The van der Waals surface area contributed by atoms with Crippen LogP contribution < -0.4 is 4.72 Å². The average molecular weight is 317 g/mol. The van der Waals surface area contributed by atoms with Crippen LogP contribution in [0.3, 0.4) is 0 Å². The van der Waals surface area contributed by atoms with Gasteiger partial charge >= 0.3 is 5.97 Å². The maximum absolute atomic E-state index is 12.3. The average Bonchev–Trinajstić information content (AvgIpc) is 2.86. The first-order chi connectivity index (χ1) is 9.28. The largest absolute Gasteiger partial charge is 0.481 e. The van der Waals surface area contributed by atoms with Crippen LogP contribution in [0.25, 0.3) is 0 Å². The molecule has 1 fully saturated rings. The van der Waals surface area contributed by atoms with Gasteiger partial charge in [0, 0.05) is 17.3 Å². The lowest BCUT2D eigenvalue weighted by atomic mass is 10.0. The zero-order valence-electron chi connectivity index (χ0n) is 11.5. The first kappa shape index (κ1) is 15.5. The summed E-state index contributed by atoms with van der Waals surface area (Å²) in [6, 6.07) is 1.54. The summed E-state index contributed by atoms with van der Waals surface area (Å²) in [7, 11) is -3.48. The number of hydrogen-bond donors (Lipinski definition) is 2. The maximum Gasteiger partial charge on any atom is 0.303 e. The lowest BCUT2D eigenvalue weighted by Gasteiger charge is -2.12. The van der Waals surface area contributed by atoms with Crippen LogP contribution in [0.2, 0.25) is 0 Å². The summed E-state index contributed by atoms with van der Waals surface area (Å²) in [6.45, 7) is 3.79. The van der Waals surface area contributed by atoms with E-state index in [-0.39, 0.29) is 18.4 Å². The van der Waals surface area contributed by atoms with Gasteiger partial charge in [-0.05, 0) is 50.7 Å². The predicted octanol–water partition coefficient (Wildman–Crippen LogP) is 2.29. The first-order valence-corrected chi connectivity index (χ1v) is 8.89. The summed E-state index contributed by atoms with van der Waals surface area (Å²) in [5, 5.41) is 8.77. The third kappa shape index (κ3) is 3.59. The Kier molecular flexibility index (Phi) is 4.51. The van der Waals surface area contributed by atoms with E-state index in [1.54, 1.807) is 6.07 Å². The minimum absolute atomic E-state index is 0.0759. The Bertz CT molecular complexity index is 586. The summed E-state index contributed by atoms with van der Waals surface area (Å²) >= 11 is 1.27. The Morgan fingerprint density at radius 1 is 1.45 bits per heavy atom. The van der Waals surface area contributed by atoms with Gasteiger partial charge in [-0.15, -0.1) is 11.3 Å². The summed E-state index contributed by atoms with van der Waals surface area (Å²) in [6.07, 6.45) is 2.20. The molecule has 1 aromatic heterocycles. The third-order valence-electron chi connectivity index (χ3n) is 3.73. The van der Waals surface area contributed by atoms with Crippen molar-refractivity contribution in [3.63, 3.8) is 0 Å². The summed E-state index contributed by atoms with van der Waals surface area (Å²) < 4.78 is 27.6. The van der Waals surface area contributed by atoms with Crippen LogP contribution >= 0.6 is 11.3 Å². The van der Waals surface area contributed by atoms with Gasteiger partial charge in [0.05, 0.1) is 0 Å². The van der Waals surface area contributed by atoms with Crippen molar-refractivity contribution in [3.8, 4) is 0 Å². The Morgan fingerprint density at radius 3 is 2.70 bits per heavy atom. The number of carbonyl (C=O) groups is 1. The molecule has 0 aliphatic heterocycles. The number of aliphatic carboxylic acids is 1. The summed E-state index contributed by atoms with van der Waals surface area (Å²) in [4.78, 5) is 11.7. The van der Waals surface area contributed by atoms with Gasteiger partial charge in [0.25, 0.3) is 0 Å². The van der Waals surface area contributed by atoms with Crippen molar-refractivity contribution in [2.45, 2.75) is 49.8 Å². The molecule has 1 aliphatic carbocycles. The Hall–Kier alpha value is -0.920. The molecular formula is C13H19NO4S2. The molecule has 0 aromatic carbocycles. The molecular weight excluding hydrogens is 298 g/mol. The second kappa shape index (κ2) is 5.83. The van der Waals surface area contributed by atoms with E-state index in [0.29, 0.717) is 17.1 Å². The Balaban J connectivity index is 2.01. The minimum Gasteiger partial charge on any atom is -0.481 e. The van der Waals surface area contributed by atoms with E-state index in [2.05, 4.69) is 4.72 Å². The van der Waals surface area contributed by atoms with Crippen molar-refractivity contribution in [2.24, 2.45) is 5.92 Å². The maximum atomic E-state index is 12.3. The van der Waals surface area contributed by atoms with Gasteiger partial charge in [0.2, 0.25) is 10.0 Å². The molecule has 0 unspecified atom stereocenters. The van der Waals surface area contributed by atoms with Gasteiger partial charge in [0.1, 0.15) is 4.21 Å². The van der Waals surface area contributed by atoms with E-state index in [1.165, 1.54) is 11.3 Å². The van der Waals surface area contributed by atoms with Crippen LogP contribution in [0.1, 0.15) is 36.1 Å². The number of aryl methyl sites for hydroxylation is 2. The van der Waals surface area contributed by atoms with E-state index in [0.717, 1.165) is 16.9 Å². The Labute approximate surface area is 123 Å². The number of carboxylic acids is 1. The Morgan fingerprint density at radius 2 is 2.15 bits per heavy atom. The van der Waals surface area contributed by atoms with Crippen molar-refractivity contribution < 1.29 is 18.3 Å². The molecule has 5 nitrogen and oxygen atoms in total. The van der Waals surface area contributed by atoms with E-state index < -0.39 is 16.0 Å². The van der Waals surface area contributed by atoms with Gasteiger partial charge < -0.3 is 5.11 Å². The van der Waals surface area contributed by atoms with Gasteiger partial charge in [-0.1, -0.05) is 0 Å². The molecule has 7 heteroatoms. The molecule has 2 atom stereocenters. The zero-order valence-corrected chi connectivity index (χ0v) is 13.2. The topological polar surface area (TPSA) is 83.5 Å². The summed E-state index contributed by atoms with van der Waals surface area (Å²) in [5.74, 6) is -0.741.